The van der Waals surface area contributed by atoms with Crippen molar-refractivity contribution in [1.82, 2.24) is 4.72 Å². The van der Waals surface area contributed by atoms with Crippen molar-refractivity contribution in [2.75, 3.05) is 6.54 Å². The van der Waals surface area contributed by atoms with Gasteiger partial charge in [0.25, 0.3) is 0 Å². The van der Waals surface area contributed by atoms with Crippen molar-refractivity contribution in [2.24, 2.45) is 5.92 Å². The van der Waals surface area contributed by atoms with Crippen LogP contribution in [-0.4, -0.2) is 20.2 Å². The van der Waals surface area contributed by atoms with Crippen molar-refractivity contribution in [1.29, 1.82) is 5.26 Å². The lowest BCUT2D eigenvalue weighted by atomic mass is 10.1. The van der Waals surface area contributed by atoms with Gasteiger partial charge in [-0.1, -0.05) is 13.8 Å². The average Bonchev–Trinajstić information content (AvgIpc) is 2.10. The van der Waals surface area contributed by atoms with E-state index in [1.54, 1.807) is 6.07 Å². The second-order valence-corrected chi connectivity index (χ2v) is 5.83. The van der Waals surface area contributed by atoms with Gasteiger partial charge in [0.1, 0.15) is 0 Å². The van der Waals surface area contributed by atoms with E-state index in [0.717, 1.165) is 12.8 Å². The van der Waals surface area contributed by atoms with Crippen LogP contribution in [0.15, 0.2) is 0 Å². The fourth-order valence-electron chi connectivity index (χ4n) is 0.919. The van der Waals surface area contributed by atoms with E-state index in [4.69, 9.17) is 5.26 Å². The van der Waals surface area contributed by atoms with Gasteiger partial charge < -0.3 is 0 Å². The first-order chi connectivity index (χ1) is 6.40. The first-order valence-corrected chi connectivity index (χ1v) is 6.33. The number of sulfonamides is 1. The smallest absolute Gasteiger partial charge is 0.214 e. The van der Waals surface area contributed by atoms with Gasteiger partial charge in [-0.25, -0.2) is 13.1 Å². The molecule has 0 aromatic carbocycles. The van der Waals surface area contributed by atoms with Crippen LogP contribution in [0.25, 0.3) is 0 Å². The Labute approximate surface area is 86.4 Å². The molecule has 5 heteroatoms. The third kappa shape index (κ3) is 5.20. The maximum absolute atomic E-state index is 11.3. The Balaban J connectivity index is 3.85. The van der Waals surface area contributed by atoms with E-state index in [2.05, 4.69) is 18.6 Å². The molecule has 0 aromatic rings. The zero-order valence-electron chi connectivity index (χ0n) is 8.95. The van der Waals surface area contributed by atoms with Crippen molar-refractivity contribution in [3.63, 3.8) is 0 Å². The lowest BCUT2D eigenvalue weighted by Gasteiger charge is -2.08. The molecule has 0 aliphatic rings. The van der Waals surface area contributed by atoms with Crippen LogP contribution in [-0.2, 0) is 10.0 Å². The van der Waals surface area contributed by atoms with Crippen LogP contribution in [0, 0.1) is 17.2 Å². The lowest BCUT2D eigenvalue weighted by molar-refractivity contribution is 0.538. The highest BCUT2D eigenvalue weighted by molar-refractivity contribution is 7.90. The number of hydrogen-bond acceptors (Lipinski definition) is 3. The minimum atomic E-state index is -3.42. The number of nitrogens with zero attached hydrogens (tertiary/aromatic N) is 1. The van der Waals surface area contributed by atoms with Gasteiger partial charge in [-0.2, -0.15) is 5.26 Å². The SMILES string of the molecule is CC(C)CCCNS(=O)(=O)C(C)C#N. The topological polar surface area (TPSA) is 70.0 Å². The van der Waals surface area contributed by atoms with Gasteiger partial charge in [0.15, 0.2) is 5.25 Å². The molecule has 0 aliphatic heterocycles. The van der Waals surface area contributed by atoms with Crippen LogP contribution < -0.4 is 4.72 Å². The largest absolute Gasteiger partial charge is 0.227 e. The fraction of sp³-hybridized carbons (Fsp3) is 0.889. The highest BCUT2D eigenvalue weighted by atomic mass is 32.2. The highest BCUT2D eigenvalue weighted by Crippen LogP contribution is 2.03. The van der Waals surface area contributed by atoms with Gasteiger partial charge in [0.2, 0.25) is 10.0 Å². The molecule has 1 atom stereocenters. The molecule has 1 N–H and O–H groups in total. The Kier molecular flexibility index (Phi) is 5.73. The van der Waals surface area contributed by atoms with Crippen molar-refractivity contribution < 1.29 is 8.42 Å². The lowest BCUT2D eigenvalue weighted by Crippen LogP contribution is -2.32. The molecule has 0 amide bonds. The molecule has 0 aromatic heterocycles. The van der Waals surface area contributed by atoms with Crippen molar-refractivity contribution in [2.45, 2.75) is 38.9 Å². The zero-order valence-corrected chi connectivity index (χ0v) is 9.76. The third-order valence-corrected chi connectivity index (χ3v) is 3.55. The molecule has 82 valence electrons. The normalized spacial score (nSPS) is 13.9. The molecule has 0 saturated heterocycles. The van der Waals surface area contributed by atoms with Crippen LogP contribution in [0.2, 0.25) is 0 Å². The molecule has 14 heavy (non-hydrogen) atoms. The molecule has 0 heterocycles. The van der Waals surface area contributed by atoms with Gasteiger partial charge in [-0.15, -0.1) is 0 Å². The van der Waals surface area contributed by atoms with Gasteiger partial charge >= 0.3 is 0 Å². The molecule has 0 rings (SSSR count). The van der Waals surface area contributed by atoms with Gasteiger partial charge in [0, 0.05) is 6.54 Å². The summed E-state index contributed by atoms with van der Waals surface area (Å²) in [7, 11) is -3.42. The van der Waals surface area contributed by atoms with Gasteiger partial charge in [0.05, 0.1) is 6.07 Å². The Morgan fingerprint density at radius 1 is 1.36 bits per heavy atom. The van der Waals surface area contributed by atoms with E-state index in [-0.39, 0.29) is 0 Å². The summed E-state index contributed by atoms with van der Waals surface area (Å²) in [5, 5.41) is 7.48. The van der Waals surface area contributed by atoms with Crippen LogP contribution in [0.1, 0.15) is 33.6 Å². The second kappa shape index (κ2) is 5.99. The molecule has 0 fully saturated rings. The summed E-state index contributed by atoms with van der Waals surface area (Å²) in [4.78, 5) is 0. The summed E-state index contributed by atoms with van der Waals surface area (Å²) in [5.74, 6) is 0.577. The second-order valence-electron chi connectivity index (χ2n) is 3.75. The van der Waals surface area contributed by atoms with Crippen molar-refractivity contribution >= 4 is 10.0 Å². The Morgan fingerprint density at radius 3 is 2.36 bits per heavy atom. The quantitative estimate of drug-likeness (QED) is 0.682. The predicted octanol–water partition coefficient (Wildman–Crippen LogP) is 1.25. The maximum Gasteiger partial charge on any atom is 0.227 e. The van der Waals surface area contributed by atoms with Crippen LogP contribution >= 0.6 is 0 Å². The van der Waals surface area contributed by atoms with E-state index >= 15 is 0 Å². The molecule has 4 nitrogen and oxygen atoms in total. The first-order valence-electron chi connectivity index (χ1n) is 4.78. The Bertz CT molecular complexity index is 290. The summed E-state index contributed by atoms with van der Waals surface area (Å²) < 4.78 is 25.0. The van der Waals surface area contributed by atoms with E-state index in [1.165, 1.54) is 6.92 Å². The number of nitrogens with one attached hydrogen (secondary N) is 1. The summed E-state index contributed by atoms with van der Waals surface area (Å²) in [5.41, 5.74) is 0. The van der Waals surface area contributed by atoms with E-state index in [9.17, 15) is 8.42 Å². The first kappa shape index (κ1) is 13.4. The molecule has 0 radical (unpaired) electrons. The summed E-state index contributed by atoms with van der Waals surface area (Å²) >= 11 is 0. The zero-order chi connectivity index (χ0) is 11.2. The summed E-state index contributed by atoms with van der Waals surface area (Å²) in [6, 6.07) is 1.70. The van der Waals surface area contributed by atoms with Crippen molar-refractivity contribution in [3.8, 4) is 6.07 Å². The van der Waals surface area contributed by atoms with Crippen LogP contribution in [0.4, 0.5) is 0 Å². The maximum atomic E-state index is 11.3. The molecule has 0 aliphatic carbocycles. The molecule has 0 spiro atoms. The predicted molar refractivity (Wildman–Crippen MR) is 56.1 cm³/mol. The average molecular weight is 218 g/mol. The molecular weight excluding hydrogens is 200 g/mol. The van der Waals surface area contributed by atoms with Crippen molar-refractivity contribution in [3.05, 3.63) is 0 Å². The molecular formula is C9H18N2O2S. The molecule has 0 bridgehead atoms. The Hall–Kier alpha value is -0.600. The summed E-state index contributed by atoms with van der Waals surface area (Å²) in [6.45, 7) is 5.98. The fourth-order valence-corrected chi connectivity index (χ4v) is 1.74. The number of rotatable bonds is 6. The van der Waals surface area contributed by atoms with Gasteiger partial charge in [-0.05, 0) is 25.7 Å². The standard InChI is InChI=1S/C9H18N2O2S/c1-8(2)5-4-6-11-14(12,13)9(3)7-10/h8-9,11H,4-6H2,1-3H3. The minimum absolute atomic E-state index is 0.423. The van der Waals surface area contributed by atoms with Gasteiger partial charge in [-0.3, -0.25) is 0 Å². The van der Waals surface area contributed by atoms with Crippen LogP contribution in [0.5, 0.6) is 0 Å². The summed E-state index contributed by atoms with van der Waals surface area (Å²) in [6.07, 6.45) is 1.80. The molecule has 0 saturated carbocycles. The number of hydrogen-bond donors (Lipinski definition) is 1. The minimum Gasteiger partial charge on any atom is -0.214 e. The molecule has 1 unspecified atom stereocenters. The van der Waals surface area contributed by atoms with E-state index in [0.29, 0.717) is 12.5 Å². The highest BCUT2D eigenvalue weighted by Gasteiger charge is 2.18. The van der Waals surface area contributed by atoms with E-state index < -0.39 is 15.3 Å². The Morgan fingerprint density at radius 2 is 1.93 bits per heavy atom. The monoisotopic (exact) mass is 218 g/mol. The third-order valence-electron chi connectivity index (χ3n) is 1.91. The van der Waals surface area contributed by atoms with E-state index in [1.807, 2.05) is 0 Å². The number of nitriles is 1. The van der Waals surface area contributed by atoms with Crippen LogP contribution in [0.3, 0.4) is 0 Å².